The van der Waals surface area contributed by atoms with Gasteiger partial charge in [-0.05, 0) is 61.4 Å². The molecular formula is C27H27ClFN3O4S. The van der Waals surface area contributed by atoms with Crippen LogP contribution in [0, 0.1) is 5.82 Å². The first kappa shape index (κ1) is 26.6. The summed E-state index contributed by atoms with van der Waals surface area (Å²) in [5, 5.41) is 8.82. The zero-order chi connectivity index (χ0) is 26.6. The molecule has 3 aromatic rings. The first-order valence-corrected chi connectivity index (χ1v) is 14.1. The van der Waals surface area contributed by atoms with E-state index in [4.69, 9.17) is 11.6 Å². The molecule has 194 valence electrons. The van der Waals surface area contributed by atoms with E-state index < -0.39 is 33.1 Å². The molecule has 7 nitrogen and oxygen atoms in total. The number of benzene rings is 3. The van der Waals surface area contributed by atoms with Crippen LogP contribution in [0.5, 0.6) is 0 Å². The van der Waals surface area contributed by atoms with Crippen LogP contribution in [0.3, 0.4) is 0 Å². The van der Waals surface area contributed by atoms with Gasteiger partial charge in [-0.15, -0.1) is 0 Å². The molecule has 4 rings (SSSR count). The Hall–Kier alpha value is -3.43. The number of nitrogens with one attached hydrogen (secondary N) is 3. The second kappa shape index (κ2) is 10.9. The van der Waals surface area contributed by atoms with Crippen molar-refractivity contribution in [3.63, 3.8) is 0 Å². The molecule has 1 fully saturated rings. The van der Waals surface area contributed by atoms with Gasteiger partial charge in [0.1, 0.15) is 11.4 Å². The maximum Gasteiger partial charge on any atom is 0.320 e. The topological polar surface area (TPSA) is 104 Å². The number of halogens is 2. The monoisotopic (exact) mass is 543 g/mol. The van der Waals surface area contributed by atoms with Crippen molar-refractivity contribution in [3.8, 4) is 11.1 Å². The second-order valence-electron chi connectivity index (χ2n) is 9.15. The first-order valence-electron chi connectivity index (χ1n) is 11.8. The molecule has 10 heteroatoms. The zero-order valence-corrected chi connectivity index (χ0v) is 21.8. The Morgan fingerprint density at radius 2 is 1.51 bits per heavy atom. The van der Waals surface area contributed by atoms with Crippen LogP contribution in [-0.2, 0) is 14.6 Å². The molecule has 0 atom stereocenters. The SMILES string of the molecule is CS(=O)(=O)c1ccccc1-c1ccc(NC(=O)C2(NC(=O)Nc3ccc(Cl)cc3)CCCCC2)cc1F. The molecule has 37 heavy (non-hydrogen) atoms. The molecule has 3 N–H and O–H groups in total. The Morgan fingerprint density at radius 3 is 2.16 bits per heavy atom. The van der Waals surface area contributed by atoms with Crippen molar-refractivity contribution >= 4 is 44.8 Å². The number of urea groups is 1. The maximum absolute atomic E-state index is 15.1. The van der Waals surface area contributed by atoms with Gasteiger partial charge >= 0.3 is 6.03 Å². The van der Waals surface area contributed by atoms with Gasteiger partial charge in [-0.3, -0.25) is 4.79 Å². The number of sulfone groups is 1. The number of amides is 3. The van der Waals surface area contributed by atoms with Gasteiger partial charge in [-0.25, -0.2) is 17.6 Å². The highest BCUT2D eigenvalue weighted by Crippen LogP contribution is 2.33. The molecule has 0 saturated heterocycles. The summed E-state index contributed by atoms with van der Waals surface area (Å²) in [6, 6.07) is 16.3. The zero-order valence-electron chi connectivity index (χ0n) is 20.2. The van der Waals surface area contributed by atoms with Crippen LogP contribution in [0.15, 0.2) is 71.6 Å². The maximum atomic E-state index is 15.1. The molecule has 3 aromatic carbocycles. The van der Waals surface area contributed by atoms with Gasteiger partial charge in [0.15, 0.2) is 9.84 Å². The van der Waals surface area contributed by atoms with Gasteiger partial charge in [0.05, 0.1) is 4.90 Å². The summed E-state index contributed by atoms with van der Waals surface area (Å²) < 4.78 is 39.4. The van der Waals surface area contributed by atoms with E-state index in [1.54, 1.807) is 36.4 Å². The van der Waals surface area contributed by atoms with Crippen molar-refractivity contribution in [2.24, 2.45) is 0 Å². The number of carbonyl (C=O) groups is 2. The Morgan fingerprint density at radius 1 is 0.865 bits per heavy atom. The number of hydrogen-bond acceptors (Lipinski definition) is 4. The molecule has 3 amide bonds. The standard InChI is InChI=1S/C27H27ClFN3O4S/c1-37(35,36)24-8-4-3-7-22(24)21-14-13-20(17-23(21)29)30-25(33)27(15-5-2-6-16-27)32-26(34)31-19-11-9-18(28)10-12-19/h3-4,7-14,17H,2,5-6,15-16H2,1H3,(H,30,33)(H2,31,32,34). The Kier molecular flexibility index (Phi) is 7.85. The molecule has 1 aliphatic rings. The van der Waals surface area contributed by atoms with Crippen LogP contribution >= 0.6 is 11.6 Å². The molecule has 0 bridgehead atoms. The lowest BCUT2D eigenvalue weighted by molar-refractivity contribution is -0.123. The van der Waals surface area contributed by atoms with Crippen molar-refractivity contribution in [2.45, 2.75) is 42.5 Å². The normalized spacial score (nSPS) is 15.0. The summed E-state index contributed by atoms with van der Waals surface area (Å²) in [6.45, 7) is 0. The van der Waals surface area contributed by atoms with Crippen molar-refractivity contribution in [1.29, 1.82) is 0 Å². The minimum Gasteiger partial charge on any atom is -0.324 e. The van der Waals surface area contributed by atoms with Crippen LogP contribution in [0.25, 0.3) is 11.1 Å². The van der Waals surface area contributed by atoms with E-state index in [1.165, 1.54) is 24.3 Å². The third kappa shape index (κ3) is 6.29. The van der Waals surface area contributed by atoms with Crippen LogP contribution in [0.1, 0.15) is 32.1 Å². The van der Waals surface area contributed by atoms with Crippen molar-refractivity contribution in [1.82, 2.24) is 5.32 Å². The predicted molar refractivity (Wildman–Crippen MR) is 143 cm³/mol. The summed E-state index contributed by atoms with van der Waals surface area (Å²) in [4.78, 5) is 26.2. The molecule has 0 unspecified atom stereocenters. The highest BCUT2D eigenvalue weighted by Gasteiger charge is 2.41. The molecule has 1 aliphatic carbocycles. The van der Waals surface area contributed by atoms with Crippen LogP contribution < -0.4 is 16.0 Å². The Bertz CT molecular complexity index is 1420. The van der Waals surface area contributed by atoms with Gasteiger partial charge in [-0.2, -0.15) is 0 Å². The molecule has 1 saturated carbocycles. The van der Waals surface area contributed by atoms with Gasteiger partial charge in [0.2, 0.25) is 5.91 Å². The molecule has 0 aromatic heterocycles. The van der Waals surface area contributed by atoms with E-state index in [9.17, 15) is 18.0 Å². The molecule has 0 heterocycles. The van der Waals surface area contributed by atoms with Crippen molar-refractivity contribution in [3.05, 3.63) is 77.6 Å². The van der Waals surface area contributed by atoms with E-state index in [2.05, 4.69) is 16.0 Å². The smallest absolute Gasteiger partial charge is 0.320 e. The number of anilines is 2. The number of rotatable bonds is 6. The molecular weight excluding hydrogens is 517 g/mol. The average Bonchev–Trinajstić information content (AvgIpc) is 2.85. The van der Waals surface area contributed by atoms with Crippen LogP contribution in [-0.4, -0.2) is 32.2 Å². The van der Waals surface area contributed by atoms with Gasteiger partial charge in [0.25, 0.3) is 0 Å². The minimum atomic E-state index is -3.58. The van der Waals surface area contributed by atoms with Crippen LogP contribution in [0.4, 0.5) is 20.6 Å². The van der Waals surface area contributed by atoms with Crippen molar-refractivity contribution in [2.75, 3.05) is 16.9 Å². The largest absolute Gasteiger partial charge is 0.324 e. The average molecular weight is 544 g/mol. The third-order valence-corrected chi connectivity index (χ3v) is 7.81. The predicted octanol–water partition coefficient (Wildman–Crippen LogP) is 6.01. The highest BCUT2D eigenvalue weighted by atomic mass is 35.5. The van der Waals surface area contributed by atoms with Gasteiger partial charge in [-0.1, -0.05) is 49.1 Å². The van der Waals surface area contributed by atoms with Crippen molar-refractivity contribution < 1.29 is 22.4 Å². The van der Waals surface area contributed by atoms with E-state index in [0.29, 0.717) is 23.6 Å². The first-order chi connectivity index (χ1) is 17.6. The van der Waals surface area contributed by atoms with E-state index in [-0.39, 0.29) is 21.7 Å². The number of carbonyl (C=O) groups excluding carboxylic acids is 2. The second-order valence-corrected chi connectivity index (χ2v) is 11.6. The molecule has 0 spiro atoms. The van der Waals surface area contributed by atoms with E-state index >= 15 is 4.39 Å². The lowest BCUT2D eigenvalue weighted by atomic mass is 9.81. The summed E-state index contributed by atoms with van der Waals surface area (Å²) in [6.07, 6.45) is 4.40. The minimum absolute atomic E-state index is 0.0164. The fourth-order valence-corrected chi connectivity index (χ4v) is 5.58. The Labute approximate surface area is 220 Å². The van der Waals surface area contributed by atoms with Gasteiger partial charge in [0, 0.05) is 33.8 Å². The van der Waals surface area contributed by atoms with Crippen LogP contribution in [0.2, 0.25) is 5.02 Å². The Balaban J connectivity index is 1.54. The third-order valence-electron chi connectivity index (χ3n) is 6.40. The summed E-state index contributed by atoms with van der Waals surface area (Å²) in [7, 11) is -3.58. The van der Waals surface area contributed by atoms with E-state index in [1.807, 2.05) is 0 Å². The summed E-state index contributed by atoms with van der Waals surface area (Å²) in [5.74, 6) is -1.12. The van der Waals surface area contributed by atoms with E-state index in [0.717, 1.165) is 31.6 Å². The fraction of sp³-hybridized carbons (Fsp3) is 0.259. The molecule has 0 radical (unpaired) electrons. The lowest BCUT2D eigenvalue weighted by Crippen LogP contribution is -2.58. The van der Waals surface area contributed by atoms with Gasteiger partial charge < -0.3 is 16.0 Å². The lowest BCUT2D eigenvalue weighted by Gasteiger charge is -2.36. The molecule has 0 aliphatic heterocycles. The summed E-state index contributed by atoms with van der Waals surface area (Å²) in [5.41, 5.74) is -0.0861. The number of hydrogen-bond donors (Lipinski definition) is 3. The quantitative estimate of drug-likeness (QED) is 0.354. The fourth-order valence-electron chi connectivity index (χ4n) is 4.55. The summed E-state index contributed by atoms with van der Waals surface area (Å²) >= 11 is 5.89. The highest BCUT2D eigenvalue weighted by molar-refractivity contribution is 7.90.